The van der Waals surface area contributed by atoms with Crippen molar-refractivity contribution >= 4 is 15.9 Å². The number of hydrogen-bond acceptors (Lipinski definition) is 2. The van der Waals surface area contributed by atoms with Gasteiger partial charge in [0, 0.05) is 17.1 Å². The molecule has 14 heavy (non-hydrogen) atoms. The van der Waals surface area contributed by atoms with Crippen LogP contribution in [0.25, 0.3) is 0 Å². The Labute approximate surface area is 92.5 Å². The third kappa shape index (κ3) is 3.49. The lowest BCUT2D eigenvalue weighted by Gasteiger charge is -2.07. The molecule has 0 bridgehead atoms. The van der Waals surface area contributed by atoms with E-state index < -0.39 is 6.10 Å². The first kappa shape index (κ1) is 11.2. The maximum Gasteiger partial charge on any atom is 0.0968 e. The van der Waals surface area contributed by atoms with Gasteiger partial charge in [0.15, 0.2) is 0 Å². The zero-order chi connectivity index (χ0) is 10.4. The van der Waals surface area contributed by atoms with Crippen LogP contribution in [0.2, 0.25) is 0 Å². The Bertz CT molecular complexity index is 337. The number of nitrogens with zero attached hydrogens (tertiary/aromatic N) is 1. The highest BCUT2D eigenvalue weighted by Gasteiger charge is 2.07. The molecule has 0 fully saturated rings. The van der Waals surface area contributed by atoms with E-state index in [1.165, 1.54) is 0 Å². The molecule has 1 N–H and O–H groups in total. The second-order valence-electron chi connectivity index (χ2n) is 2.88. The topological polar surface area (TPSA) is 33.1 Å². The van der Waals surface area contributed by atoms with E-state index in [2.05, 4.69) is 32.8 Å². The summed E-state index contributed by atoms with van der Waals surface area (Å²) in [7, 11) is 0. The lowest BCUT2D eigenvalue weighted by molar-refractivity contribution is 0.164. The molecule has 1 atom stereocenters. The Morgan fingerprint density at radius 1 is 1.57 bits per heavy atom. The fourth-order valence-corrected chi connectivity index (χ4v) is 1.30. The first-order chi connectivity index (χ1) is 6.74. The zero-order valence-electron chi connectivity index (χ0n) is 8.00. The van der Waals surface area contributed by atoms with Crippen molar-refractivity contribution in [2.45, 2.75) is 25.9 Å². The standard InChI is InChI=1S/C11H12BrNO/c1-2-3-4-5-11(14)10-7-6-9(12)8-13-10/h6-8,11,14H,4-5H2,1H3. The van der Waals surface area contributed by atoms with Crippen molar-refractivity contribution < 1.29 is 5.11 Å². The monoisotopic (exact) mass is 253 g/mol. The molecule has 0 radical (unpaired) electrons. The summed E-state index contributed by atoms with van der Waals surface area (Å²) in [4.78, 5) is 4.11. The molecule has 0 aliphatic rings. The van der Waals surface area contributed by atoms with E-state index in [0.29, 0.717) is 18.5 Å². The van der Waals surface area contributed by atoms with E-state index in [9.17, 15) is 5.11 Å². The van der Waals surface area contributed by atoms with E-state index in [1.54, 1.807) is 13.1 Å². The molecule has 0 amide bonds. The summed E-state index contributed by atoms with van der Waals surface area (Å²) in [5.74, 6) is 5.71. The quantitative estimate of drug-likeness (QED) is 0.841. The number of pyridine rings is 1. The predicted molar refractivity (Wildman–Crippen MR) is 59.6 cm³/mol. The van der Waals surface area contributed by atoms with Crippen LogP contribution in [-0.4, -0.2) is 10.1 Å². The van der Waals surface area contributed by atoms with E-state index in [0.717, 1.165) is 4.47 Å². The number of aliphatic hydroxyl groups is 1. The van der Waals surface area contributed by atoms with Gasteiger partial charge in [0.05, 0.1) is 11.8 Å². The fraction of sp³-hybridized carbons (Fsp3) is 0.364. The molecule has 0 saturated heterocycles. The molecule has 3 heteroatoms. The highest BCUT2D eigenvalue weighted by molar-refractivity contribution is 9.10. The van der Waals surface area contributed by atoms with Gasteiger partial charge in [-0.25, -0.2) is 0 Å². The summed E-state index contributed by atoms with van der Waals surface area (Å²) < 4.78 is 0.918. The minimum Gasteiger partial charge on any atom is -0.387 e. The maximum absolute atomic E-state index is 9.69. The average Bonchev–Trinajstić information content (AvgIpc) is 2.19. The molecule has 2 nitrogen and oxygen atoms in total. The van der Waals surface area contributed by atoms with Gasteiger partial charge >= 0.3 is 0 Å². The summed E-state index contributed by atoms with van der Waals surface area (Å²) in [6.45, 7) is 1.80. The average molecular weight is 254 g/mol. The highest BCUT2D eigenvalue weighted by Crippen LogP contribution is 2.17. The van der Waals surface area contributed by atoms with Crippen molar-refractivity contribution in [2.75, 3.05) is 0 Å². The molecule has 1 rings (SSSR count). The first-order valence-corrected chi connectivity index (χ1v) is 5.22. The second kappa shape index (κ2) is 5.79. The summed E-state index contributed by atoms with van der Waals surface area (Å²) >= 11 is 3.29. The smallest absolute Gasteiger partial charge is 0.0968 e. The van der Waals surface area contributed by atoms with Gasteiger partial charge in [-0.15, -0.1) is 11.8 Å². The third-order valence-electron chi connectivity index (χ3n) is 1.81. The lowest BCUT2D eigenvalue weighted by atomic mass is 10.1. The molecule has 74 valence electrons. The minimum atomic E-state index is -0.510. The number of aromatic nitrogens is 1. The van der Waals surface area contributed by atoms with Gasteiger partial charge < -0.3 is 5.11 Å². The Hall–Kier alpha value is -0.850. The van der Waals surface area contributed by atoms with Gasteiger partial charge in [0.2, 0.25) is 0 Å². The van der Waals surface area contributed by atoms with Crippen LogP contribution in [0.3, 0.4) is 0 Å². The molecule has 1 aromatic rings. The highest BCUT2D eigenvalue weighted by atomic mass is 79.9. The van der Waals surface area contributed by atoms with Crippen molar-refractivity contribution in [2.24, 2.45) is 0 Å². The van der Waals surface area contributed by atoms with Crippen molar-refractivity contribution in [3.63, 3.8) is 0 Å². The van der Waals surface area contributed by atoms with Crippen LogP contribution in [0.4, 0.5) is 0 Å². The number of hydrogen-bond donors (Lipinski definition) is 1. The van der Waals surface area contributed by atoms with Crippen molar-refractivity contribution in [1.82, 2.24) is 4.98 Å². The van der Waals surface area contributed by atoms with Crippen molar-refractivity contribution in [3.8, 4) is 11.8 Å². The Kier molecular flexibility index (Phi) is 4.64. The van der Waals surface area contributed by atoms with Gasteiger partial charge in [0.25, 0.3) is 0 Å². The molecule has 0 saturated carbocycles. The summed E-state index contributed by atoms with van der Waals surface area (Å²) in [5.41, 5.74) is 0.700. The molecular weight excluding hydrogens is 242 g/mol. The Balaban J connectivity index is 2.54. The minimum absolute atomic E-state index is 0.510. The van der Waals surface area contributed by atoms with Gasteiger partial charge in [-0.2, -0.15) is 0 Å². The van der Waals surface area contributed by atoms with Gasteiger partial charge in [-0.1, -0.05) is 0 Å². The zero-order valence-corrected chi connectivity index (χ0v) is 9.58. The SMILES string of the molecule is CC#CCCC(O)c1ccc(Br)cn1. The molecule has 1 unspecified atom stereocenters. The normalized spacial score (nSPS) is 11.6. The third-order valence-corrected chi connectivity index (χ3v) is 2.28. The lowest BCUT2D eigenvalue weighted by Crippen LogP contribution is -1.99. The largest absolute Gasteiger partial charge is 0.387 e. The van der Waals surface area contributed by atoms with Crippen LogP contribution in [-0.2, 0) is 0 Å². The number of halogens is 1. The van der Waals surface area contributed by atoms with E-state index >= 15 is 0 Å². The summed E-state index contributed by atoms with van der Waals surface area (Å²) in [6, 6.07) is 3.69. The molecule has 0 spiro atoms. The molecule has 0 aliphatic heterocycles. The first-order valence-electron chi connectivity index (χ1n) is 4.43. The predicted octanol–water partition coefficient (Wildman–Crippen LogP) is 2.68. The van der Waals surface area contributed by atoms with Crippen LogP contribution in [0.5, 0.6) is 0 Å². The molecule has 0 aliphatic carbocycles. The van der Waals surface area contributed by atoms with Gasteiger partial charge in [-0.3, -0.25) is 4.98 Å². The summed E-state index contributed by atoms with van der Waals surface area (Å²) in [6.07, 6.45) is 2.51. The molecule has 0 aromatic carbocycles. The van der Waals surface area contributed by atoms with E-state index in [1.807, 2.05) is 12.1 Å². The Morgan fingerprint density at radius 3 is 2.93 bits per heavy atom. The summed E-state index contributed by atoms with van der Waals surface area (Å²) in [5, 5.41) is 9.69. The van der Waals surface area contributed by atoms with Crippen LogP contribution < -0.4 is 0 Å². The number of aliphatic hydroxyl groups excluding tert-OH is 1. The van der Waals surface area contributed by atoms with E-state index in [4.69, 9.17) is 0 Å². The van der Waals surface area contributed by atoms with Gasteiger partial charge in [0.1, 0.15) is 0 Å². The molecule has 1 aromatic heterocycles. The Morgan fingerprint density at radius 2 is 2.36 bits per heavy atom. The van der Waals surface area contributed by atoms with Crippen LogP contribution >= 0.6 is 15.9 Å². The van der Waals surface area contributed by atoms with Crippen LogP contribution in [0.15, 0.2) is 22.8 Å². The number of rotatable bonds is 3. The fourth-order valence-electron chi connectivity index (χ4n) is 1.07. The van der Waals surface area contributed by atoms with Crippen LogP contribution in [0.1, 0.15) is 31.6 Å². The molecule has 1 heterocycles. The van der Waals surface area contributed by atoms with Crippen molar-refractivity contribution in [1.29, 1.82) is 0 Å². The molecular formula is C11H12BrNO. The van der Waals surface area contributed by atoms with Crippen molar-refractivity contribution in [3.05, 3.63) is 28.5 Å². The van der Waals surface area contributed by atoms with Gasteiger partial charge in [-0.05, 0) is 41.4 Å². The second-order valence-corrected chi connectivity index (χ2v) is 3.80. The van der Waals surface area contributed by atoms with Crippen LogP contribution in [0, 0.1) is 11.8 Å². The van der Waals surface area contributed by atoms with E-state index in [-0.39, 0.29) is 0 Å². The maximum atomic E-state index is 9.69.